The first kappa shape index (κ1) is 12.0. The van der Waals surface area contributed by atoms with Crippen LogP contribution in [0.25, 0.3) is 0 Å². The van der Waals surface area contributed by atoms with E-state index in [9.17, 15) is 9.90 Å². The standard InChI is InChI=1S/C11H8Cl2N2O2/c12-7-2-1-6(8(13)4-7)3-9-14-10(16)5-11(17)15-9/h1-2,4-5H,3H2,(H2,14,15,16,17). The van der Waals surface area contributed by atoms with Crippen LogP contribution in [0.5, 0.6) is 5.88 Å². The van der Waals surface area contributed by atoms with E-state index in [0.29, 0.717) is 22.3 Å². The molecule has 17 heavy (non-hydrogen) atoms. The molecule has 2 aromatic rings. The quantitative estimate of drug-likeness (QED) is 0.881. The first-order chi connectivity index (χ1) is 8.04. The maximum absolute atomic E-state index is 11.1. The number of benzene rings is 1. The average molecular weight is 271 g/mol. The summed E-state index contributed by atoms with van der Waals surface area (Å²) in [5.74, 6) is 0.0352. The van der Waals surface area contributed by atoms with E-state index in [1.54, 1.807) is 18.2 Å². The fourth-order valence-electron chi connectivity index (χ4n) is 1.42. The van der Waals surface area contributed by atoms with Crippen LogP contribution < -0.4 is 5.56 Å². The van der Waals surface area contributed by atoms with Gasteiger partial charge in [0.1, 0.15) is 5.82 Å². The average Bonchev–Trinajstić information content (AvgIpc) is 2.21. The third-order valence-electron chi connectivity index (χ3n) is 2.15. The molecular formula is C11H8Cl2N2O2. The van der Waals surface area contributed by atoms with Crippen molar-refractivity contribution in [2.45, 2.75) is 6.42 Å². The number of rotatable bonds is 2. The van der Waals surface area contributed by atoms with Gasteiger partial charge in [0.2, 0.25) is 5.88 Å². The van der Waals surface area contributed by atoms with E-state index in [2.05, 4.69) is 9.97 Å². The fourth-order valence-corrected chi connectivity index (χ4v) is 1.90. The van der Waals surface area contributed by atoms with E-state index in [0.717, 1.165) is 11.6 Å². The molecule has 0 unspecified atom stereocenters. The maximum Gasteiger partial charge on any atom is 0.254 e. The second kappa shape index (κ2) is 4.77. The number of aromatic hydroxyl groups is 1. The molecule has 4 nitrogen and oxygen atoms in total. The monoisotopic (exact) mass is 270 g/mol. The minimum absolute atomic E-state index is 0.311. The summed E-state index contributed by atoms with van der Waals surface area (Å²) >= 11 is 11.8. The first-order valence-corrected chi connectivity index (χ1v) is 5.53. The lowest BCUT2D eigenvalue weighted by Gasteiger charge is -2.04. The molecule has 0 radical (unpaired) electrons. The Labute approximate surface area is 107 Å². The fraction of sp³-hybridized carbons (Fsp3) is 0.0909. The molecule has 0 bridgehead atoms. The molecule has 1 heterocycles. The second-order valence-corrected chi connectivity index (χ2v) is 4.31. The van der Waals surface area contributed by atoms with Gasteiger partial charge in [-0.05, 0) is 17.7 Å². The van der Waals surface area contributed by atoms with Crippen molar-refractivity contribution >= 4 is 23.2 Å². The number of aromatic amines is 1. The minimum Gasteiger partial charge on any atom is -0.493 e. The Morgan fingerprint density at radius 2 is 2.06 bits per heavy atom. The van der Waals surface area contributed by atoms with Crippen LogP contribution in [-0.2, 0) is 6.42 Å². The number of hydrogen-bond donors (Lipinski definition) is 2. The molecule has 0 aliphatic heterocycles. The number of nitrogens with one attached hydrogen (secondary N) is 1. The molecule has 0 saturated carbocycles. The molecule has 1 aromatic heterocycles. The van der Waals surface area contributed by atoms with Crippen LogP contribution in [0.4, 0.5) is 0 Å². The summed E-state index contributed by atoms with van der Waals surface area (Å²) in [7, 11) is 0. The Bertz CT molecular complexity index is 611. The summed E-state index contributed by atoms with van der Waals surface area (Å²) in [5.41, 5.74) is 0.363. The Hall–Kier alpha value is -1.52. The number of halogens is 2. The number of hydrogen-bond acceptors (Lipinski definition) is 3. The van der Waals surface area contributed by atoms with Crippen LogP contribution >= 0.6 is 23.2 Å². The Balaban J connectivity index is 2.34. The van der Waals surface area contributed by atoms with Crippen LogP contribution in [0.2, 0.25) is 10.0 Å². The summed E-state index contributed by atoms with van der Waals surface area (Å²) in [6, 6.07) is 6.06. The molecule has 0 atom stereocenters. The number of nitrogens with zero attached hydrogens (tertiary/aromatic N) is 1. The van der Waals surface area contributed by atoms with E-state index in [-0.39, 0.29) is 5.88 Å². The smallest absolute Gasteiger partial charge is 0.254 e. The van der Waals surface area contributed by atoms with Crippen LogP contribution in [0.15, 0.2) is 29.1 Å². The van der Waals surface area contributed by atoms with E-state index in [1.165, 1.54) is 0 Å². The van der Waals surface area contributed by atoms with Crippen LogP contribution in [0, 0.1) is 0 Å². The van der Waals surface area contributed by atoms with Crippen molar-refractivity contribution in [2.24, 2.45) is 0 Å². The van der Waals surface area contributed by atoms with Gasteiger partial charge in [0.25, 0.3) is 5.56 Å². The highest BCUT2D eigenvalue weighted by atomic mass is 35.5. The van der Waals surface area contributed by atoms with Crippen molar-refractivity contribution in [3.05, 3.63) is 56.1 Å². The van der Waals surface area contributed by atoms with Gasteiger partial charge in [-0.3, -0.25) is 4.79 Å². The van der Waals surface area contributed by atoms with Crippen LogP contribution in [-0.4, -0.2) is 15.1 Å². The zero-order valence-electron chi connectivity index (χ0n) is 8.58. The Morgan fingerprint density at radius 1 is 1.29 bits per heavy atom. The van der Waals surface area contributed by atoms with Crippen molar-refractivity contribution in [3.63, 3.8) is 0 Å². The highest BCUT2D eigenvalue weighted by Gasteiger charge is 2.05. The van der Waals surface area contributed by atoms with Crippen molar-refractivity contribution in [1.29, 1.82) is 0 Å². The summed E-state index contributed by atoms with van der Waals surface area (Å²) in [5, 5.41) is 10.2. The lowest BCUT2D eigenvalue weighted by molar-refractivity contribution is 0.448. The number of aromatic nitrogens is 2. The van der Waals surface area contributed by atoms with Crippen LogP contribution in [0.3, 0.4) is 0 Å². The van der Waals surface area contributed by atoms with E-state index < -0.39 is 5.56 Å². The lowest BCUT2D eigenvalue weighted by atomic mass is 10.1. The van der Waals surface area contributed by atoms with Gasteiger partial charge in [-0.2, -0.15) is 4.98 Å². The van der Waals surface area contributed by atoms with Gasteiger partial charge in [0, 0.05) is 16.5 Å². The molecule has 0 fully saturated rings. The summed E-state index contributed by atoms with van der Waals surface area (Å²) < 4.78 is 0. The molecule has 2 N–H and O–H groups in total. The predicted molar refractivity (Wildman–Crippen MR) is 65.8 cm³/mol. The normalized spacial score (nSPS) is 10.5. The Morgan fingerprint density at radius 3 is 2.71 bits per heavy atom. The largest absolute Gasteiger partial charge is 0.493 e. The first-order valence-electron chi connectivity index (χ1n) is 4.78. The molecule has 0 aliphatic rings. The van der Waals surface area contributed by atoms with Crippen molar-refractivity contribution in [1.82, 2.24) is 9.97 Å². The molecule has 6 heteroatoms. The van der Waals surface area contributed by atoms with E-state index >= 15 is 0 Å². The zero-order valence-corrected chi connectivity index (χ0v) is 10.1. The predicted octanol–water partition coefficient (Wildman–Crippen LogP) is 2.37. The van der Waals surface area contributed by atoms with Gasteiger partial charge in [0.05, 0.1) is 6.07 Å². The zero-order chi connectivity index (χ0) is 12.4. The van der Waals surface area contributed by atoms with Crippen molar-refractivity contribution in [3.8, 4) is 5.88 Å². The number of H-pyrrole nitrogens is 1. The lowest BCUT2D eigenvalue weighted by Crippen LogP contribution is -2.09. The SMILES string of the molecule is O=c1cc(O)nc(Cc2ccc(Cl)cc2Cl)[nH]1. The molecule has 0 spiro atoms. The molecular weight excluding hydrogens is 263 g/mol. The van der Waals surface area contributed by atoms with Gasteiger partial charge in [-0.15, -0.1) is 0 Å². The van der Waals surface area contributed by atoms with Crippen LogP contribution in [0.1, 0.15) is 11.4 Å². The van der Waals surface area contributed by atoms with Crippen molar-refractivity contribution < 1.29 is 5.11 Å². The minimum atomic E-state index is -0.405. The maximum atomic E-state index is 11.1. The molecule has 88 valence electrons. The molecule has 1 aromatic carbocycles. The van der Waals surface area contributed by atoms with Gasteiger partial charge in [0.15, 0.2) is 0 Å². The van der Waals surface area contributed by atoms with Crippen molar-refractivity contribution in [2.75, 3.05) is 0 Å². The van der Waals surface area contributed by atoms with Gasteiger partial charge in [-0.25, -0.2) is 0 Å². The van der Waals surface area contributed by atoms with Gasteiger partial charge in [-0.1, -0.05) is 29.3 Å². The molecule has 0 aliphatic carbocycles. The third kappa shape index (κ3) is 2.99. The summed E-state index contributed by atoms with van der Waals surface area (Å²) in [4.78, 5) is 17.5. The summed E-state index contributed by atoms with van der Waals surface area (Å²) in [6.07, 6.45) is 0.319. The van der Waals surface area contributed by atoms with Gasteiger partial charge >= 0.3 is 0 Å². The molecule has 0 amide bonds. The summed E-state index contributed by atoms with van der Waals surface area (Å²) in [6.45, 7) is 0. The highest BCUT2D eigenvalue weighted by molar-refractivity contribution is 6.35. The van der Waals surface area contributed by atoms with E-state index in [4.69, 9.17) is 23.2 Å². The molecule has 0 saturated heterocycles. The highest BCUT2D eigenvalue weighted by Crippen LogP contribution is 2.22. The third-order valence-corrected chi connectivity index (χ3v) is 2.74. The second-order valence-electron chi connectivity index (χ2n) is 3.46. The van der Waals surface area contributed by atoms with E-state index in [1.807, 2.05) is 0 Å². The molecule has 2 rings (SSSR count). The Kier molecular flexibility index (Phi) is 3.36. The van der Waals surface area contributed by atoms with Gasteiger partial charge < -0.3 is 10.1 Å². The topological polar surface area (TPSA) is 66.0 Å².